The van der Waals surface area contributed by atoms with Gasteiger partial charge in [0.1, 0.15) is 16.5 Å². The number of rotatable bonds is 6. The van der Waals surface area contributed by atoms with Crippen LogP contribution in [0, 0.1) is 6.92 Å². The van der Waals surface area contributed by atoms with Gasteiger partial charge in [-0.25, -0.2) is 4.98 Å². The molecule has 3 aromatic rings. The largest absolute Gasteiger partial charge is 0.497 e. The Morgan fingerprint density at radius 1 is 1.15 bits per heavy atom. The van der Waals surface area contributed by atoms with Gasteiger partial charge in [0.25, 0.3) is 0 Å². The first kappa shape index (κ1) is 17.9. The fourth-order valence-electron chi connectivity index (χ4n) is 2.57. The lowest BCUT2D eigenvalue weighted by Gasteiger charge is -2.08. The lowest BCUT2D eigenvalue weighted by atomic mass is 10.1. The van der Waals surface area contributed by atoms with Gasteiger partial charge in [0, 0.05) is 16.6 Å². The van der Waals surface area contributed by atoms with Crippen molar-refractivity contribution >= 4 is 22.9 Å². The van der Waals surface area contributed by atoms with E-state index in [9.17, 15) is 4.79 Å². The van der Waals surface area contributed by atoms with Crippen molar-refractivity contribution in [2.45, 2.75) is 13.3 Å². The van der Waals surface area contributed by atoms with Crippen LogP contribution in [0.3, 0.4) is 0 Å². The monoisotopic (exact) mass is 368 g/mol. The van der Waals surface area contributed by atoms with Crippen LogP contribution in [-0.4, -0.2) is 25.1 Å². The van der Waals surface area contributed by atoms with Crippen LogP contribution in [0.2, 0.25) is 0 Å². The molecule has 6 heteroatoms. The number of anilines is 1. The number of carbonyl (C=O) groups is 1. The van der Waals surface area contributed by atoms with Crippen LogP contribution in [0.1, 0.15) is 10.6 Å². The van der Waals surface area contributed by atoms with E-state index in [1.54, 1.807) is 14.2 Å². The molecular formula is C20H20N2O3S. The third-order valence-corrected chi connectivity index (χ3v) is 4.81. The number of amides is 1. The maximum absolute atomic E-state index is 12.3. The Balaban J connectivity index is 1.76. The zero-order valence-corrected chi connectivity index (χ0v) is 15.7. The Bertz CT molecular complexity index is 921. The molecule has 1 N–H and O–H groups in total. The van der Waals surface area contributed by atoms with Gasteiger partial charge in [-0.1, -0.05) is 18.2 Å². The van der Waals surface area contributed by atoms with Crippen LogP contribution >= 0.6 is 11.3 Å². The highest BCUT2D eigenvalue weighted by atomic mass is 32.1. The molecule has 5 nitrogen and oxygen atoms in total. The third kappa shape index (κ3) is 4.03. The molecule has 0 unspecified atom stereocenters. The first-order valence-corrected chi connectivity index (χ1v) is 9.01. The molecule has 0 saturated heterocycles. The number of nitrogens with one attached hydrogen (secondary N) is 1. The Kier molecular flexibility index (Phi) is 5.53. The minimum atomic E-state index is -0.0854. The van der Waals surface area contributed by atoms with Crippen LogP contribution in [0.15, 0.2) is 47.8 Å². The summed E-state index contributed by atoms with van der Waals surface area (Å²) in [6, 6.07) is 13.3. The molecule has 0 spiro atoms. The maximum atomic E-state index is 12.3. The number of hydrogen-bond donors (Lipinski definition) is 1. The zero-order chi connectivity index (χ0) is 18.5. The lowest BCUT2D eigenvalue weighted by Crippen LogP contribution is -2.14. The number of aryl methyl sites for hydroxylation is 1. The Labute approximate surface area is 156 Å². The zero-order valence-electron chi connectivity index (χ0n) is 14.9. The molecule has 0 aliphatic carbocycles. The van der Waals surface area contributed by atoms with E-state index in [1.807, 2.05) is 54.8 Å². The molecule has 134 valence electrons. The van der Waals surface area contributed by atoms with Crippen LogP contribution in [0.25, 0.3) is 11.3 Å². The Morgan fingerprint density at radius 3 is 2.69 bits per heavy atom. The molecule has 1 aromatic heterocycles. The summed E-state index contributed by atoms with van der Waals surface area (Å²) in [5.41, 5.74) is 3.46. The number of hydrogen-bond acceptors (Lipinski definition) is 5. The van der Waals surface area contributed by atoms with Crippen LogP contribution in [0.4, 0.5) is 5.69 Å². The minimum Gasteiger partial charge on any atom is -0.497 e. The fraction of sp³-hybridized carbons (Fsp3) is 0.200. The predicted octanol–water partition coefficient (Wildman–Crippen LogP) is 4.32. The maximum Gasteiger partial charge on any atom is 0.231 e. The van der Waals surface area contributed by atoms with Gasteiger partial charge >= 0.3 is 0 Å². The second kappa shape index (κ2) is 8.01. The van der Waals surface area contributed by atoms with Crippen LogP contribution < -0.4 is 14.8 Å². The summed E-state index contributed by atoms with van der Waals surface area (Å²) < 4.78 is 10.7. The number of aromatic nitrogens is 1. The Hall–Kier alpha value is -2.86. The predicted molar refractivity (Wildman–Crippen MR) is 104 cm³/mol. The van der Waals surface area contributed by atoms with Crippen molar-refractivity contribution in [3.05, 3.63) is 58.4 Å². The SMILES string of the molecule is COc1ccc(OC)c(-c2csc(CC(=O)Nc3ccccc3C)n2)c1. The van der Waals surface area contributed by atoms with Gasteiger partial charge in [0.15, 0.2) is 0 Å². The van der Waals surface area contributed by atoms with Crippen LogP contribution in [0.5, 0.6) is 11.5 Å². The van der Waals surface area contributed by atoms with E-state index in [1.165, 1.54) is 11.3 Å². The van der Waals surface area contributed by atoms with E-state index in [0.717, 1.165) is 33.3 Å². The van der Waals surface area contributed by atoms with Gasteiger partial charge in [0.05, 0.1) is 26.3 Å². The van der Waals surface area contributed by atoms with E-state index in [0.29, 0.717) is 5.75 Å². The average molecular weight is 368 g/mol. The van der Waals surface area contributed by atoms with E-state index in [4.69, 9.17) is 9.47 Å². The van der Waals surface area contributed by atoms with Gasteiger partial charge in [0.2, 0.25) is 5.91 Å². The summed E-state index contributed by atoms with van der Waals surface area (Å²) in [4.78, 5) is 16.9. The van der Waals surface area contributed by atoms with Crippen molar-refractivity contribution in [2.24, 2.45) is 0 Å². The Morgan fingerprint density at radius 2 is 1.96 bits per heavy atom. The number of benzene rings is 2. The second-order valence-electron chi connectivity index (χ2n) is 5.73. The summed E-state index contributed by atoms with van der Waals surface area (Å²) >= 11 is 1.45. The summed E-state index contributed by atoms with van der Waals surface area (Å²) in [5, 5.41) is 5.60. The molecule has 1 heterocycles. The van der Waals surface area contributed by atoms with Crippen molar-refractivity contribution < 1.29 is 14.3 Å². The summed E-state index contributed by atoms with van der Waals surface area (Å²) in [7, 11) is 3.24. The van der Waals surface area contributed by atoms with Crippen molar-refractivity contribution in [3.8, 4) is 22.8 Å². The number of para-hydroxylation sites is 1. The van der Waals surface area contributed by atoms with Crippen molar-refractivity contribution in [1.29, 1.82) is 0 Å². The highest BCUT2D eigenvalue weighted by Gasteiger charge is 2.14. The van der Waals surface area contributed by atoms with Crippen molar-refractivity contribution in [3.63, 3.8) is 0 Å². The molecule has 26 heavy (non-hydrogen) atoms. The van der Waals surface area contributed by atoms with Gasteiger partial charge < -0.3 is 14.8 Å². The second-order valence-corrected chi connectivity index (χ2v) is 6.68. The standard InChI is InChI=1S/C20H20N2O3S/c1-13-6-4-5-7-16(13)21-19(23)11-20-22-17(12-26-20)15-10-14(24-2)8-9-18(15)25-3/h4-10,12H,11H2,1-3H3,(H,21,23). The third-order valence-electron chi connectivity index (χ3n) is 3.97. The minimum absolute atomic E-state index is 0.0854. The highest BCUT2D eigenvalue weighted by Crippen LogP contribution is 2.34. The van der Waals surface area contributed by atoms with E-state index in [-0.39, 0.29) is 12.3 Å². The molecule has 1 amide bonds. The quantitative estimate of drug-likeness (QED) is 0.704. The van der Waals surface area contributed by atoms with Gasteiger partial charge in [-0.3, -0.25) is 4.79 Å². The topological polar surface area (TPSA) is 60.5 Å². The van der Waals surface area contributed by atoms with Crippen molar-refractivity contribution in [1.82, 2.24) is 4.98 Å². The molecular weight excluding hydrogens is 348 g/mol. The molecule has 0 bridgehead atoms. The van der Waals surface area contributed by atoms with Gasteiger partial charge in [-0.15, -0.1) is 11.3 Å². The van der Waals surface area contributed by atoms with Crippen molar-refractivity contribution in [2.75, 3.05) is 19.5 Å². The van der Waals surface area contributed by atoms with Gasteiger partial charge in [-0.2, -0.15) is 0 Å². The van der Waals surface area contributed by atoms with E-state index in [2.05, 4.69) is 10.3 Å². The summed E-state index contributed by atoms with van der Waals surface area (Å²) in [6.07, 6.45) is 0.227. The smallest absolute Gasteiger partial charge is 0.231 e. The molecule has 0 fully saturated rings. The van der Waals surface area contributed by atoms with E-state index < -0.39 is 0 Å². The number of carbonyl (C=O) groups excluding carboxylic acids is 1. The first-order valence-electron chi connectivity index (χ1n) is 8.13. The highest BCUT2D eigenvalue weighted by molar-refractivity contribution is 7.10. The molecule has 0 saturated carbocycles. The fourth-order valence-corrected chi connectivity index (χ4v) is 3.37. The lowest BCUT2D eigenvalue weighted by molar-refractivity contribution is -0.115. The molecule has 2 aromatic carbocycles. The number of nitrogens with zero attached hydrogens (tertiary/aromatic N) is 1. The van der Waals surface area contributed by atoms with E-state index >= 15 is 0 Å². The number of thiazole rings is 1. The number of ether oxygens (including phenoxy) is 2. The molecule has 0 radical (unpaired) electrons. The van der Waals surface area contributed by atoms with Gasteiger partial charge in [-0.05, 0) is 36.8 Å². The van der Waals surface area contributed by atoms with Crippen LogP contribution in [-0.2, 0) is 11.2 Å². The molecule has 3 rings (SSSR count). The first-order chi connectivity index (χ1) is 12.6. The average Bonchev–Trinajstić information content (AvgIpc) is 3.11. The molecule has 0 aliphatic heterocycles. The molecule has 0 atom stereocenters. The molecule has 0 aliphatic rings. The summed E-state index contributed by atoms with van der Waals surface area (Å²) in [5.74, 6) is 1.36. The normalized spacial score (nSPS) is 10.4. The summed E-state index contributed by atoms with van der Waals surface area (Å²) in [6.45, 7) is 1.96. The number of methoxy groups -OCH3 is 2.